The van der Waals surface area contributed by atoms with E-state index in [1.807, 2.05) is 77.3 Å². The number of anilines is 5. The van der Waals surface area contributed by atoms with E-state index < -0.39 is 0 Å². The molecule has 0 saturated carbocycles. The van der Waals surface area contributed by atoms with Crippen molar-refractivity contribution < 1.29 is 0 Å². The van der Waals surface area contributed by atoms with E-state index in [2.05, 4.69) is 57.6 Å². The fourth-order valence-electron chi connectivity index (χ4n) is 4.16. The zero-order valence-corrected chi connectivity index (χ0v) is 22.7. The lowest BCUT2D eigenvalue weighted by atomic mass is 10.1. The average molecular weight is 518 g/mol. The van der Waals surface area contributed by atoms with Crippen LogP contribution in [-0.2, 0) is 0 Å². The van der Waals surface area contributed by atoms with Crippen LogP contribution in [0.2, 0.25) is 0 Å². The maximum absolute atomic E-state index is 4.65. The van der Waals surface area contributed by atoms with Gasteiger partial charge in [-0.15, -0.1) is 0 Å². The van der Waals surface area contributed by atoms with Crippen molar-refractivity contribution in [3.63, 3.8) is 0 Å². The molecular formula is C30H31N9. The van der Waals surface area contributed by atoms with Gasteiger partial charge < -0.3 is 20.5 Å². The molecule has 0 saturated heterocycles. The van der Waals surface area contributed by atoms with Crippen molar-refractivity contribution in [3.05, 3.63) is 85.1 Å². The number of hydrogen-bond donors (Lipinski definition) is 3. The van der Waals surface area contributed by atoms with Gasteiger partial charge in [0.15, 0.2) is 5.65 Å². The summed E-state index contributed by atoms with van der Waals surface area (Å²) in [5.41, 5.74) is 8.12. The molecule has 6 aromatic rings. The van der Waals surface area contributed by atoms with Gasteiger partial charge in [0, 0.05) is 60.7 Å². The van der Waals surface area contributed by atoms with E-state index in [0.29, 0.717) is 11.5 Å². The molecule has 196 valence electrons. The van der Waals surface area contributed by atoms with Crippen molar-refractivity contribution in [3.8, 4) is 11.4 Å². The van der Waals surface area contributed by atoms with Gasteiger partial charge in [0.25, 0.3) is 0 Å². The van der Waals surface area contributed by atoms with E-state index in [9.17, 15) is 0 Å². The predicted octanol–water partition coefficient (Wildman–Crippen LogP) is 6.85. The molecule has 0 fully saturated rings. The van der Waals surface area contributed by atoms with Crippen LogP contribution < -0.4 is 15.5 Å². The van der Waals surface area contributed by atoms with Crippen molar-refractivity contribution >= 4 is 50.6 Å². The number of aryl methyl sites for hydroxylation is 1. The van der Waals surface area contributed by atoms with E-state index in [1.54, 1.807) is 24.8 Å². The largest absolute Gasteiger partial charge is 0.378 e. The summed E-state index contributed by atoms with van der Waals surface area (Å²) in [6, 6.07) is 18.0. The zero-order valence-electron chi connectivity index (χ0n) is 22.7. The number of pyridine rings is 4. The lowest BCUT2D eigenvalue weighted by Crippen LogP contribution is -2.08. The molecule has 0 spiro atoms. The van der Waals surface area contributed by atoms with Crippen LogP contribution in [0, 0.1) is 6.92 Å². The molecule has 6 rings (SSSR count). The van der Waals surface area contributed by atoms with Crippen LogP contribution in [0.15, 0.2) is 79.4 Å². The van der Waals surface area contributed by atoms with Crippen molar-refractivity contribution in [2.45, 2.75) is 20.8 Å². The Hall–Kier alpha value is -5.05. The second-order valence-corrected chi connectivity index (χ2v) is 9.00. The molecule has 9 heteroatoms. The first kappa shape index (κ1) is 25.6. The molecular weight excluding hydrogens is 486 g/mol. The third-order valence-corrected chi connectivity index (χ3v) is 6.06. The zero-order chi connectivity index (χ0) is 27.4. The minimum absolute atomic E-state index is 0.647. The highest BCUT2D eigenvalue weighted by Gasteiger charge is 2.10. The number of imidazole rings is 1. The maximum atomic E-state index is 4.65. The van der Waals surface area contributed by atoms with Gasteiger partial charge in [0.1, 0.15) is 11.6 Å². The first-order valence-electron chi connectivity index (χ1n) is 12.9. The molecule has 0 bridgehead atoms. The number of fused-ring (bicyclic) bond motifs is 2. The maximum Gasteiger partial charge on any atom is 0.178 e. The van der Waals surface area contributed by atoms with E-state index in [-0.39, 0.29) is 0 Å². The lowest BCUT2D eigenvalue weighted by Gasteiger charge is -2.15. The number of aromatic nitrogens is 6. The number of rotatable bonds is 6. The molecule has 39 heavy (non-hydrogen) atoms. The van der Waals surface area contributed by atoms with Crippen molar-refractivity contribution in [2.75, 3.05) is 29.6 Å². The molecule has 0 radical (unpaired) electrons. The lowest BCUT2D eigenvalue weighted by molar-refractivity contribution is 1.13. The van der Waals surface area contributed by atoms with Crippen LogP contribution in [0.5, 0.6) is 0 Å². The van der Waals surface area contributed by atoms with Gasteiger partial charge in [-0.1, -0.05) is 13.8 Å². The monoisotopic (exact) mass is 517 g/mol. The van der Waals surface area contributed by atoms with Crippen LogP contribution in [0.25, 0.3) is 33.5 Å². The third kappa shape index (κ3) is 5.62. The molecule has 0 aliphatic rings. The van der Waals surface area contributed by atoms with E-state index in [4.69, 9.17) is 0 Å². The summed E-state index contributed by atoms with van der Waals surface area (Å²) in [5.74, 6) is 1.45. The smallest absolute Gasteiger partial charge is 0.178 e. The van der Waals surface area contributed by atoms with E-state index >= 15 is 0 Å². The summed E-state index contributed by atoms with van der Waals surface area (Å²) >= 11 is 0. The van der Waals surface area contributed by atoms with Gasteiger partial charge >= 0.3 is 0 Å². The molecule has 3 N–H and O–H groups in total. The van der Waals surface area contributed by atoms with Crippen molar-refractivity contribution in [1.29, 1.82) is 0 Å². The quantitative estimate of drug-likeness (QED) is 0.220. The summed E-state index contributed by atoms with van der Waals surface area (Å²) < 4.78 is 0. The molecule has 5 heterocycles. The van der Waals surface area contributed by atoms with E-state index in [0.717, 1.165) is 56.2 Å². The van der Waals surface area contributed by atoms with Crippen LogP contribution in [0.4, 0.5) is 28.6 Å². The number of nitrogens with one attached hydrogen (secondary N) is 3. The van der Waals surface area contributed by atoms with Gasteiger partial charge in [-0.25, -0.2) is 15.0 Å². The van der Waals surface area contributed by atoms with Gasteiger partial charge in [0.05, 0.1) is 28.6 Å². The molecule has 0 unspecified atom stereocenters. The predicted molar refractivity (Wildman–Crippen MR) is 160 cm³/mol. The number of hydrogen-bond acceptors (Lipinski definition) is 8. The molecule has 1 aromatic carbocycles. The first-order valence-corrected chi connectivity index (χ1v) is 12.9. The fourth-order valence-corrected chi connectivity index (χ4v) is 4.16. The summed E-state index contributed by atoms with van der Waals surface area (Å²) in [6.45, 7) is 5.96. The number of benzene rings is 1. The Morgan fingerprint density at radius 2 is 1.62 bits per heavy atom. The molecule has 0 aliphatic carbocycles. The number of nitrogens with zero attached hydrogens (tertiary/aromatic N) is 6. The van der Waals surface area contributed by atoms with Crippen LogP contribution in [-0.4, -0.2) is 44.0 Å². The highest BCUT2D eigenvalue weighted by molar-refractivity contribution is 5.94. The number of H-pyrrole nitrogens is 1. The molecule has 0 amide bonds. The van der Waals surface area contributed by atoms with Crippen molar-refractivity contribution in [1.82, 2.24) is 29.9 Å². The van der Waals surface area contributed by atoms with Gasteiger partial charge in [0.2, 0.25) is 0 Å². The highest BCUT2D eigenvalue weighted by Crippen LogP contribution is 2.29. The minimum atomic E-state index is 0.647. The van der Waals surface area contributed by atoms with Crippen LogP contribution >= 0.6 is 0 Å². The normalized spacial score (nSPS) is 10.7. The third-order valence-electron chi connectivity index (χ3n) is 6.06. The van der Waals surface area contributed by atoms with Gasteiger partial charge in [-0.05, 0) is 61.5 Å². The van der Waals surface area contributed by atoms with Crippen LogP contribution in [0.1, 0.15) is 19.5 Å². The molecule has 9 nitrogen and oxygen atoms in total. The summed E-state index contributed by atoms with van der Waals surface area (Å²) in [5, 5.41) is 7.82. The van der Waals surface area contributed by atoms with Crippen LogP contribution in [0.3, 0.4) is 0 Å². The van der Waals surface area contributed by atoms with Gasteiger partial charge in [-0.3, -0.25) is 9.97 Å². The summed E-state index contributed by atoms with van der Waals surface area (Å²) in [6.07, 6.45) is 7.15. The summed E-state index contributed by atoms with van der Waals surface area (Å²) in [7, 11) is 4.05. The second kappa shape index (κ2) is 11.1. The number of aromatic amines is 1. The Morgan fingerprint density at radius 3 is 2.38 bits per heavy atom. The van der Waals surface area contributed by atoms with E-state index in [1.165, 1.54) is 0 Å². The fraction of sp³-hybridized carbons (Fsp3) is 0.167. The Bertz CT molecular complexity index is 1720. The van der Waals surface area contributed by atoms with Gasteiger partial charge in [-0.2, -0.15) is 0 Å². The summed E-state index contributed by atoms with van der Waals surface area (Å²) in [4.78, 5) is 27.9. The first-order chi connectivity index (χ1) is 19.0. The highest BCUT2D eigenvalue weighted by atomic mass is 15.1. The second-order valence-electron chi connectivity index (χ2n) is 9.00. The SMILES string of the molecule is CC.Cc1cc(Nc2cnc3nc(-c4ccc(Nc5ccnc6ccc(N(C)C)cc56)nc4)[nH]c3c2)ccn1. The molecule has 5 aromatic heterocycles. The Labute approximate surface area is 227 Å². The average Bonchev–Trinajstić information content (AvgIpc) is 3.38. The minimum Gasteiger partial charge on any atom is -0.378 e. The Kier molecular flexibility index (Phi) is 7.31. The standard InChI is InChI=1S/C28H25N9.C2H6/c1-17-12-19(8-10-29-17)33-20-13-25-28(32-16-20)36-27(35-25)18-4-7-26(31-15-18)34-24-9-11-30-23-6-5-21(37(2)3)14-22(23)24;1-2/h4-16H,1-3H3,(H,29,33)(H,30,31,34)(H,32,35,36);1-2H3. The molecule has 0 aliphatic heterocycles. The van der Waals surface area contributed by atoms with Crippen molar-refractivity contribution in [2.24, 2.45) is 0 Å². The molecule has 0 atom stereocenters. The Balaban J connectivity index is 0.00000151. The topological polar surface area (TPSA) is 108 Å². The Morgan fingerprint density at radius 1 is 0.769 bits per heavy atom.